The molecule has 0 heterocycles. The van der Waals surface area contributed by atoms with Gasteiger partial charge < -0.3 is 25.8 Å². The zero-order chi connectivity index (χ0) is 22.6. The lowest BCUT2D eigenvalue weighted by molar-refractivity contribution is -0.384. The van der Waals surface area contributed by atoms with Gasteiger partial charge in [0.1, 0.15) is 11.4 Å². The lowest BCUT2D eigenvalue weighted by Gasteiger charge is -2.19. The van der Waals surface area contributed by atoms with Crippen LogP contribution in [-0.4, -0.2) is 42.7 Å². The number of ether oxygens (including phenoxy) is 2. The van der Waals surface area contributed by atoms with Gasteiger partial charge in [-0.25, -0.2) is 4.79 Å². The Morgan fingerprint density at radius 1 is 1.21 bits per heavy atom. The number of hydrogen-bond donors (Lipinski definition) is 3. The molecular formula is C19H30N4O6. The molecule has 0 unspecified atom stereocenters. The second-order valence-corrected chi connectivity index (χ2v) is 6.43. The Labute approximate surface area is 170 Å². The van der Waals surface area contributed by atoms with Crippen molar-refractivity contribution < 1.29 is 24.0 Å². The number of methoxy groups -OCH3 is 1. The summed E-state index contributed by atoms with van der Waals surface area (Å²) in [5.41, 5.74) is 4.36. The molecule has 10 heteroatoms. The van der Waals surface area contributed by atoms with E-state index in [1.807, 2.05) is 13.8 Å². The highest BCUT2D eigenvalue weighted by Gasteiger charge is 2.21. The molecule has 0 aromatic heterocycles. The first kappa shape index (κ1) is 25.7. The molecule has 1 aromatic rings. The number of anilines is 1. The van der Waals surface area contributed by atoms with Crippen LogP contribution < -0.4 is 21.1 Å². The maximum atomic E-state index is 11.5. The topological polar surface area (TPSA) is 146 Å². The van der Waals surface area contributed by atoms with Crippen LogP contribution in [0.1, 0.15) is 45.0 Å². The Hall–Kier alpha value is -3.30. The van der Waals surface area contributed by atoms with Gasteiger partial charge in [-0.15, -0.1) is 0 Å². The SMILES string of the molecule is CC.COc1cc(C(N)=O)cc([N+](=O)[O-])c1NC/C=C/CNC(=O)OC(C)(C)C. The maximum absolute atomic E-state index is 11.5. The molecule has 1 aromatic carbocycles. The van der Waals surface area contributed by atoms with Crippen LogP contribution >= 0.6 is 0 Å². The van der Waals surface area contributed by atoms with Gasteiger partial charge in [-0.3, -0.25) is 14.9 Å². The molecule has 2 amide bonds. The van der Waals surface area contributed by atoms with E-state index in [-0.39, 0.29) is 35.8 Å². The van der Waals surface area contributed by atoms with E-state index < -0.39 is 22.5 Å². The first-order chi connectivity index (χ1) is 13.5. The first-order valence-corrected chi connectivity index (χ1v) is 9.07. The monoisotopic (exact) mass is 410 g/mol. The number of hydrogen-bond acceptors (Lipinski definition) is 7. The fourth-order valence-electron chi connectivity index (χ4n) is 2.01. The van der Waals surface area contributed by atoms with E-state index in [1.165, 1.54) is 13.2 Å². The summed E-state index contributed by atoms with van der Waals surface area (Å²) in [6.45, 7) is 9.74. The van der Waals surface area contributed by atoms with Gasteiger partial charge in [0.15, 0.2) is 5.69 Å². The number of nitro benzene ring substituents is 1. The highest BCUT2D eigenvalue weighted by atomic mass is 16.6. The number of nitrogens with one attached hydrogen (secondary N) is 2. The Kier molecular flexibility index (Phi) is 10.8. The molecule has 0 spiro atoms. The quantitative estimate of drug-likeness (QED) is 0.339. The number of alkyl carbamates (subject to hydrolysis) is 1. The van der Waals surface area contributed by atoms with Gasteiger partial charge in [0, 0.05) is 24.7 Å². The summed E-state index contributed by atoms with van der Waals surface area (Å²) in [5.74, 6) is -0.672. The molecule has 1 rings (SSSR count). The van der Waals surface area contributed by atoms with Crippen LogP contribution in [0.15, 0.2) is 24.3 Å². The number of rotatable bonds is 8. The number of nitro groups is 1. The molecule has 29 heavy (non-hydrogen) atoms. The lowest BCUT2D eigenvalue weighted by Crippen LogP contribution is -2.32. The number of carbonyl (C=O) groups excluding carboxylic acids is 2. The number of nitrogens with two attached hydrogens (primary N) is 1. The zero-order valence-corrected chi connectivity index (χ0v) is 17.7. The largest absolute Gasteiger partial charge is 0.494 e. The second kappa shape index (κ2) is 12.2. The Balaban J connectivity index is 0.00000379. The van der Waals surface area contributed by atoms with Gasteiger partial charge in [-0.05, 0) is 26.8 Å². The minimum absolute atomic E-state index is 0.0267. The van der Waals surface area contributed by atoms with Crippen molar-refractivity contribution in [3.8, 4) is 5.75 Å². The van der Waals surface area contributed by atoms with Crippen LogP contribution in [-0.2, 0) is 4.74 Å². The normalized spacial score (nSPS) is 10.6. The van der Waals surface area contributed by atoms with E-state index in [9.17, 15) is 19.7 Å². The summed E-state index contributed by atoms with van der Waals surface area (Å²) >= 11 is 0. The van der Waals surface area contributed by atoms with E-state index in [0.717, 1.165) is 6.07 Å². The average Bonchev–Trinajstić information content (AvgIpc) is 2.63. The third-order valence-electron chi connectivity index (χ3n) is 3.11. The third kappa shape index (κ3) is 9.45. The van der Waals surface area contributed by atoms with Crippen LogP contribution in [0, 0.1) is 10.1 Å². The van der Waals surface area contributed by atoms with Gasteiger partial charge in [-0.1, -0.05) is 26.0 Å². The van der Waals surface area contributed by atoms with Crippen LogP contribution in [0.4, 0.5) is 16.2 Å². The van der Waals surface area contributed by atoms with Crippen molar-refractivity contribution in [2.24, 2.45) is 5.73 Å². The predicted octanol–water partition coefficient (Wildman–Crippen LogP) is 3.22. The van der Waals surface area contributed by atoms with E-state index in [2.05, 4.69) is 10.6 Å². The maximum Gasteiger partial charge on any atom is 0.407 e. The third-order valence-corrected chi connectivity index (χ3v) is 3.11. The molecule has 0 radical (unpaired) electrons. The van der Waals surface area contributed by atoms with Crippen LogP contribution in [0.3, 0.4) is 0 Å². The van der Waals surface area contributed by atoms with Gasteiger partial charge in [-0.2, -0.15) is 0 Å². The predicted molar refractivity (Wildman–Crippen MR) is 111 cm³/mol. The highest BCUT2D eigenvalue weighted by molar-refractivity contribution is 5.95. The Bertz CT molecular complexity index is 741. The fourth-order valence-corrected chi connectivity index (χ4v) is 2.01. The van der Waals surface area contributed by atoms with Crippen LogP contribution in [0.2, 0.25) is 0 Å². The van der Waals surface area contributed by atoms with Gasteiger partial charge in [0.05, 0.1) is 12.0 Å². The number of primary amides is 1. The second-order valence-electron chi connectivity index (χ2n) is 6.43. The Morgan fingerprint density at radius 2 is 1.79 bits per heavy atom. The van der Waals surface area contributed by atoms with Gasteiger partial charge in [0.2, 0.25) is 5.91 Å². The van der Waals surface area contributed by atoms with Crippen molar-refractivity contribution in [3.05, 3.63) is 40.0 Å². The van der Waals surface area contributed by atoms with Crippen LogP contribution in [0.25, 0.3) is 0 Å². The van der Waals surface area contributed by atoms with Crippen molar-refractivity contribution in [1.29, 1.82) is 0 Å². The lowest BCUT2D eigenvalue weighted by atomic mass is 10.1. The summed E-state index contributed by atoms with van der Waals surface area (Å²) < 4.78 is 10.2. The summed E-state index contributed by atoms with van der Waals surface area (Å²) in [4.78, 5) is 33.4. The van der Waals surface area contributed by atoms with E-state index in [4.69, 9.17) is 15.2 Å². The number of amides is 2. The summed E-state index contributed by atoms with van der Waals surface area (Å²) in [6, 6.07) is 2.41. The average molecular weight is 410 g/mol. The standard InChI is InChI=1S/C17H24N4O6.C2H6/c1-17(2,3)27-16(23)20-8-6-5-7-19-14-12(21(24)25)9-11(15(18)22)10-13(14)26-4;1-2/h5-6,9-10,19H,7-8H2,1-4H3,(H2,18,22)(H,20,23);1-2H3/b6-5+;. The van der Waals surface area contributed by atoms with Gasteiger partial charge in [0.25, 0.3) is 5.69 Å². The molecule has 0 saturated heterocycles. The summed E-state index contributed by atoms with van der Waals surface area (Å²) in [7, 11) is 1.33. The smallest absolute Gasteiger partial charge is 0.407 e. The van der Waals surface area contributed by atoms with E-state index in [0.29, 0.717) is 0 Å². The van der Waals surface area contributed by atoms with E-state index in [1.54, 1.807) is 32.9 Å². The highest BCUT2D eigenvalue weighted by Crippen LogP contribution is 2.35. The molecule has 0 atom stereocenters. The van der Waals surface area contributed by atoms with Crippen molar-refractivity contribution in [3.63, 3.8) is 0 Å². The van der Waals surface area contributed by atoms with Crippen molar-refractivity contribution in [2.45, 2.75) is 40.2 Å². The number of benzene rings is 1. The van der Waals surface area contributed by atoms with Gasteiger partial charge >= 0.3 is 6.09 Å². The molecule has 0 fully saturated rings. The Morgan fingerprint density at radius 3 is 2.28 bits per heavy atom. The molecular weight excluding hydrogens is 380 g/mol. The minimum atomic E-state index is -0.795. The number of nitrogens with zero attached hydrogens (tertiary/aromatic N) is 1. The molecule has 0 aliphatic rings. The molecule has 0 saturated carbocycles. The fraction of sp³-hybridized carbons (Fsp3) is 0.474. The number of carbonyl (C=O) groups is 2. The summed E-state index contributed by atoms with van der Waals surface area (Å²) in [5, 5.41) is 16.7. The molecule has 0 aliphatic heterocycles. The molecule has 162 valence electrons. The minimum Gasteiger partial charge on any atom is -0.494 e. The first-order valence-electron chi connectivity index (χ1n) is 9.07. The molecule has 4 N–H and O–H groups in total. The zero-order valence-electron chi connectivity index (χ0n) is 17.7. The van der Waals surface area contributed by atoms with Crippen molar-refractivity contribution in [1.82, 2.24) is 5.32 Å². The summed E-state index contributed by atoms with van der Waals surface area (Å²) in [6.07, 6.45) is 2.79. The van der Waals surface area contributed by atoms with Crippen molar-refractivity contribution >= 4 is 23.4 Å². The molecule has 0 aliphatic carbocycles. The van der Waals surface area contributed by atoms with Crippen molar-refractivity contribution in [2.75, 3.05) is 25.5 Å². The molecule has 0 bridgehead atoms. The van der Waals surface area contributed by atoms with Crippen LogP contribution in [0.5, 0.6) is 5.75 Å². The van der Waals surface area contributed by atoms with E-state index >= 15 is 0 Å². The molecule has 10 nitrogen and oxygen atoms in total.